The molecule has 0 unspecified atom stereocenters. The van der Waals surface area contributed by atoms with E-state index in [0.717, 1.165) is 12.1 Å². The number of methoxy groups -OCH3 is 2. The highest BCUT2D eigenvalue weighted by molar-refractivity contribution is 7.89. The first kappa shape index (κ1) is 23.9. The average molecular weight is 490 g/mol. The van der Waals surface area contributed by atoms with Crippen molar-refractivity contribution >= 4 is 21.6 Å². The van der Waals surface area contributed by atoms with Gasteiger partial charge in [-0.3, -0.25) is 0 Å². The van der Waals surface area contributed by atoms with Crippen LogP contribution in [-0.2, 0) is 23.2 Å². The fourth-order valence-corrected chi connectivity index (χ4v) is 4.66. The van der Waals surface area contributed by atoms with Gasteiger partial charge in [0.1, 0.15) is 23.4 Å². The third-order valence-corrected chi connectivity index (χ3v) is 6.35. The highest BCUT2D eigenvalue weighted by Crippen LogP contribution is 2.37. The first-order chi connectivity index (χ1) is 15.0. The summed E-state index contributed by atoms with van der Waals surface area (Å²) in [6.45, 7) is 0. The van der Waals surface area contributed by atoms with Gasteiger partial charge in [0.25, 0.3) is 0 Å². The van der Waals surface area contributed by atoms with Crippen LogP contribution in [0, 0.1) is 0 Å². The molecule has 7 nitrogen and oxygen atoms in total. The minimum Gasteiger partial charge on any atom is -0.497 e. The number of nitrogens with one attached hydrogen (secondary N) is 1. The quantitative estimate of drug-likeness (QED) is 0.538. The number of ether oxygens (including phenoxy) is 2. The van der Waals surface area contributed by atoms with Crippen molar-refractivity contribution in [3.8, 4) is 11.5 Å². The van der Waals surface area contributed by atoms with Gasteiger partial charge in [-0.15, -0.1) is 0 Å². The van der Waals surface area contributed by atoms with E-state index in [2.05, 4.69) is 9.71 Å². The smallest absolute Gasteiger partial charge is 0.417 e. The largest absolute Gasteiger partial charge is 0.497 e. The maximum Gasteiger partial charge on any atom is 0.417 e. The van der Waals surface area contributed by atoms with E-state index in [4.69, 9.17) is 21.1 Å². The minimum absolute atomic E-state index is 0.241. The Morgan fingerprint density at radius 1 is 1.09 bits per heavy atom. The second-order valence-corrected chi connectivity index (χ2v) is 8.85. The minimum atomic E-state index is -4.94. The second kappa shape index (κ2) is 9.00. The Bertz CT molecular complexity index is 1210. The number of aryl methyl sites for hydroxylation is 1. The normalized spacial score (nSPS) is 13.1. The standard InChI is InChI=1S/C20H19ClF3N3O4S/c1-27-7-6-25-19(27)18(12-8-14(30-2)11-15(9-12)31-3)26-32(28,29)17-5-4-13(21)10-16(17)20(22,23)24/h4-11,18,26H,1-3H3/t18-/m1/s1. The summed E-state index contributed by atoms with van der Waals surface area (Å²) >= 11 is 5.69. The fourth-order valence-electron chi connectivity index (χ4n) is 3.10. The number of aromatic nitrogens is 2. The van der Waals surface area contributed by atoms with Crippen LogP contribution in [0.1, 0.15) is 23.0 Å². The SMILES string of the molecule is COc1cc(OC)cc([C@@H](NS(=O)(=O)c2ccc(Cl)cc2C(F)(F)F)c2nccn2C)c1. The van der Waals surface area contributed by atoms with Gasteiger partial charge >= 0.3 is 6.18 Å². The Morgan fingerprint density at radius 3 is 2.22 bits per heavy atom. The molecule has 0 saturated carbocycles. The molecule has 0 bridgehead atoms. The van der Waals surface area contributed by atoms with Gasteiger partial charge in [-0.1, -0.05) is 11.6 Å². The number of benzene rings is 2. The summed E-state index contributed by atoms with van der Waals surface area (Å²) in [6, 6.07) is 5.97. The van der Waals surface area contributed by atoms with E-state index in [-0.39, 0.29) is 10.8 Å². The van der Waals surface area contributed by atoms with Crippen molar-refractivity contribution in [2.75, 3.05) is 14.2 Å². The van der Waals surface area contributed by atoms with Crippen LogP contribution in [0.5, 0.6) is 11.5 Å². The van der Waals surface area contributed by atoms with Gasteiger partial charge in [0.2, 0.25) is 10.0 Å². The molecule has 1 atom stereocenters. The van der Waals surface area contributed by atoms with Crippen LogP contribution < -0.4 is 14.2 Å². The Hall–Kier alpha value is -2.76. The molecule has 0 radical (unpaired) electrons. The highest BCUT2D eigenvalue weighted by Gasteiger charge is 2.38. The molecule has 1 heterocycles. The predicted molar refractivity (Wildman–Crippen MR) is 111 cm³/mol. The van der Waals surface area contributed by atoms with E-state index in [9.17, 15) is 21.6 Å². The first-order valence-corrected chi connectivity index (χ1v) is 10.9. The monoisotopic (exact) mass is 489 g/mol. The van der Waals surface area contributed by atoms with E-state index in [1.807, 2.05) is 0 Å². The number of nitrogens with zero attached hydrogens (tertiary/aromatic N) is 2. The van der Waals surface area contributed by atoms with Gasteiger partial charge < -0.3 is 14.0 Å². The van der Waals surface area contributed by atoms with Crippen molar-refractivity contribution in [3.05, 3.63) is 70.8 Å². The molecule has 172 valence electrons. The molecule has 1 aromatic heterocycles. The Balaban J connectivity index is 2.17. The first-order valence-electron chi connectivity index (χ1n) is 9.05. The lowest BCUT2D eigenvalue weighted by Gasteiger charge is -2.22. The van der Waals surface area contributed by atoms with Crippen molar-refractivity contribution in [2.24, 2.45) is 7.05 Å². The van der Waals surface area contributed by atoms with Gasteiger partial charge in [0.05, 0.1) is 24.7 Å². The summed E-state index contributed by atoms with van der Waals surface area (Å²) in [6.07, 6.45) is -1.91. The molecule has 0 saturated heterocycles. The third-order valence-electron chi connectivity index (χ3n) is 4.63. The van der Waals surface area contributed by atoms with Crippen LogP contribution in [-0.4, -0.2) is 32.2 Å². The number of hydrogen-bond donors (Lipinski definition) is 1. The van der Waals surface area contributed by atoms with Crippen LogP contribution in [0.25, 0.3) is 0 Å². The molecule has 3 rings (SSSR count). The molecule has 2 aromatic carbocycles. The molecular formula is C20H19ClF3N3O4S. The summed E-state index contributed by atoms with van der Waals surface area (Å²) in [5.74, 6) is 0.965. The van der Waals surface area contributed by atoms with Crippen LogP contribution in [0.2, 0.25) is 5.02 Å². The number of alkyl halides is 3. The van der Waals surface area contributed by atoms with Crippen LogP contribution in [0.4, 0.5) is 13.2 Å². The van der Waals surface area contributed by atoms with E-state index in [1.165, 1.54) is 32.5 Å². The van der Waals surface area contributed by atoms with Gasteiger partial charge in [-0.05, 0) is 35.9 Å². The van der Waals surface area contributed by atoms with Gasteiger partial charge in [0.15, 0.2) is 0 Å². The number of rotatable bonds is 7. The van der Waals surface area contributed by atoms with Gasteiger partial charge in [0, 0.05) is 30.5 Å². The molecule has 0 amide bonds. The van der Waals surface area contributed by atoms with E-state index >= 15 is 0 Å². The lowest BCUT2D eigenvalue weighted by Crippen LogP contribution is -2.32. The Morgan fingerprint density at radius 2 is 1.72 bits per heavy atom. The summed E-state index contributed by atoms with van der Waals surface area (Å²) < 4.78 is 81.3. The number of imidazole rings is 1. The van der Waals surface area contributed by atoms with E-state index in [0.29, 0.717) is 23.1 Å². The number of sulfonamides is 1. The summed E-state index contributed by atoms with van der Waals surface area (Å²) in [4.78, 5) is 3.22. The topological polar surface area (TPSA) is 82.4 Å². The molecule has 0 fully saturated rings. The molecule has 3 aromatic rings. The summed E-state index contributed by atoms with van der Waals surface area (Å²) in [7, 11) is -0.217. The maximum atomic E-state index is 13.6. The van der Waals surface area contributed by atoms with Crippen molar-refractivity contribution in [1.82, 2.24) is 14.3 Å². The maximum absolute atomic E-state index is 13.6. The summed E-state index contributed by atoms with van der Waals surface area (Å²) in [5, 5.41) is -0.241. The highest BCUT2D eigenvalue weighted by atomic mass is 35.5. The van der Waals surface area contributed by atoms with Crippen molar-refractivity contribution in [1.29, 1.82) is 0 Å². The van der Waals surface area contributed by atoms with Crippen LogP contribution in [0.15, 0.2) is 53.7 Å². The van der Waals surface area contributed by atoms with Gasteiger partial charge in [-0.2, -0.15) is 17.9 Å². The van der Waals surface area contributed by atoms with Crippen molar-refractivity contribution < 1.29 is 31.1 Å². The molecule has 1 N–H and O–H groups in total. The lowest BCUT2D eigenvalue weighted by atomic mass is 10.1. The average Bonchev–Trinajstić information content (AvgIpc) is 3.16. The molecule has 0 aliphatic carbocycles. The zero-order chi connectivity index (χ0) is 23.7. The molecule has 0 spiro atoms. The fraction of sp³-hybridized carbons (Fsp3) is 0.250. The molecule has 32 heavy (non-hydrogen) atoms. The third kappa shape index (κ3) is 5.00. The number of halogens is 4. The van der Waals surface area contributed by atoms with Crippen molar-refractivity contribution in [3.63, 3.8) is 0 Å². The molecule has 12 heteroatoms. The van der Waals surface area contributed by atoms with E-state index < -0.39 is 32.7 Å². The summed E-state index contributed by atoms with van der Waals surface area (Å²) in [5.41, 5.74) is -1.03. The Labute approximate surface area is 187 Å². The van der Waals surface area contributed by atoms with E-state index in [1.54, 1.807) is 23.9 Å². The molecular weight excluding hydrogens is 471 g/mol. The van der Waals surface area contributed by atoms with Crippen LogP contribution in [0.3, 0.4) is 0 Å². The molecule has 0 aliphatic heterocycles. The zero-order valence-corrected chi connectivity index (χ0v) is 18.7. The molecule has 0 aliphatic rings. The number of hydrogen-bond acceptors (Lipinski definition) is 5. The zero-order valence-electron chi connectivity index (χ0n) is 17.1. The van der Waals surface area contributed by atoms with Crippen LogP contribution >= 0.6 is 11.6 Å². The van der Waals surface area contributed by atoms with Crippen molar-refractivity contribution in [2.45, 2.75) is 17.1 Å². The lowest BCUT2D eigenvalue weighted by molar-refractivity contribution is -0.139. The predicted octanol–water partition coefficient (Wildman–Crippen LogP) is 4.18. The van der Waals surface area contributed by atoms with Gasteiger partial charge in [-0.25, -0.2) is 13.4 Å². The Kier molecular flexibility index (Phi) is 6.72. The second-order valence-electron chi connectivity index (χ2n) is 6.73.